The van der Waals surface area contributed by atoms with Crippen LogP contribution in [0.25, 0.3) is 0 Å². The number of hydrogen-bond donors (Lipinski definition) is 0. The van der Waals surface area contributed by atoms with Gasteiger partial charge >= 0.3 is 0 Å². The van der Waals surface area contributed by atoms with Gasteiger partial charge in [-0.05, 0) is 31.0 Å². The van der Waals surface area contributed by atoms with Gasteiger partial charge in [0.2, 0.25) is 23.8 Å². The van der Waals surface area contributed by atoms with Gasteiger partial charge in [-0.2, -0.15) is 17.6 Å². The molecule has 0 aromatic heterocycles. The predicted molar refractivity (Wildman–Crippen MR) is 103 cm³/mol. The highest BCUT2D eigenvalue weighted by molar-refractivity contribution is 5.64. The lowest BCUT2D eigenvalue weighted by Gasteiger charge is -2.24. The van der Waals surface area contributed by atoms with Crippen LogP contribution in [0.2, 0.25) is 0 Å². The Morgan fingerprint density at radius 1 is 0.714 bits per heavy atom. The van der Waals surface area contributed by atoms with Crippen LogP contribution in [0.1, 0.15) is 39.5 Å². The number of unbranched alkanes of at least 4 members (excludes halogenated alkanes) is 2. The lowest BCUT2D eigenvalue weighted by atomic mass is 10.2. The first-order valence-electron chi connectivity index (χ1n) is 9.73. The lowest BCUT2D eigenvalue weighted by Crippen LogP contribution is -2.29. The molecule has 2 aliphatic heterocycles. The van der Waals surface area contributed by atoms with Crippen molar-refractivity contribution in [3.63, 3.8) is 0 Å². The molecule has 0 unspecified atom stereocenters. The maximum atomic E-state index is 14.4. The fourth-order valence-electron chi connectivity index (χ4n) is 3.33. The van der Waals surface area contributed by atoms with Gasteiger partial charge in [-0.25, -0.2) is 0 Å². The van der Waals surface area contributed by atoms with Crippen molar-refractivity contribution in [3.8, 4) is 0 Å². The third-order valence-corrected chi connectivity index (χ3v) is 5.01. The molecule has 2 heterocycles. The molecule has 8 heteroatoms. The second-order valence-electron chi connectivity index (χ2n) is 7.06. The van der Waals surface area contributed by atoms with E-state index in [9.17, 15) is 17.6 Å². The first-order chi connectivity index (χ1) is 13.5. The van der Waals surface area contributed by atoms with Gasteiger partial charge in [0.25, 0.3) is 0 Å². The van der Waals surface area contributed by atoms with Crippen molar-refractivity contribution in [1.29, 1.82) is 0 Å². The summed E-state index contributed by atoms with van der Waals surface area (Å²) < 4.78 is 57.2. The van der Waals surface area contributed by atoms with Crippen molar-refractivity contribution >= 4 is 11.4 Å². The number of hydrogen-bond acceptors (Lipinski definition) is 4. The van der Waals surface area contributed by atoms with Crippen molar-refractivity contribution in [2.24, 2.45) is 0 Å². The zero-order chi connectivity index (χ0) is 20.3. The maximum absolute atomic E-state index is 14.4. The standard InChI is InChI=1S/C20H26F4N4/c1-3-5-10-25-13-27(19(23)17(25)21)15-8-7-9-16(12-15)28-14-26(11-6-4-2)18(22)20(28)24/h7-9,12H,3-6,10-11,13-14H2,1-2H3. The molecule has 0 amide bonds. The second kappa shape index (κ2) is 8.75. The van der Waals surface area contributed by atoms with Crippen LogP contribution >= 0.6 is 0 Å². The summed E-state index contributed by atoms with van der Waals surface area (Å²) in [4.78, 5) is 5.09. The van der Waals surface area contributed by atoms with Gasteiger partial charge in [-0.3, -0.25) is 9.80 Å². The fraction of sp³-hybridized carbons (Fsp3) is 0.500. The highest BCUT2D eigenvalue weighted by Crippen LogP contribution is 2.36. The molecule has 0 N–H and O–H groups in total. The largest absolute Gasteiger partial charge is 0.327 e. The van der Waals surface area contributed by atoms with Crippen LogP contribution in [0.5, 0.6) is 0 Å². The van der Waals surface area contributed by atoms with Crippen LogP contribution in [-0.4, -0.2) is 36.2 Å². The zero-order valence-electron chi connectivity index (χ0n) is 16.3. The summed E-state index contributed by atoms with van der Waals surface area (Å²) in [6, 6.07) is 6.43. The van der Waals surface area contributed by atoms with Gasteiger partial charge in [0, 0.05) is 24.5 Å². The zero-order valence-corrected chi connectivity index (χ0v) is 16.3. The van der Waals surface area contributed by atoms with E-state index in [0.717, 1.165) is 25.7 Å². The third-order valence-electron chi connectivity index (χ3n) is 5.01. The van der Waals surface area contributed by atoms with Crippen LogP contribution < -0.4 is 9.80 Å². The Morgan fingerprint density at radius 3 is 1.54 bits per heavy atom. The monoisotopic (exact) mass is 398 g/mol. The summed E-state index contributed by atoms with van der Waals surface area (Å²) >= 11 is 0. The van der Waals surface area contributed by atoms with Crippen molar-refractivity contribution in [2.45, 2.75) is 39.5 Å². The number of anilines is 2. The third kappa shape index (κ3) is 3.91. The Morgan fingerprint density at radius 2 is 1.14 bits per heavy atom. The Hall–Kier alpha value is -2.38. The fourth-order valence-corrected chi connectivity index (χ4v) is 3.33. The molecule has 0 atom stereocenters. The smallest absolute Gasteiger partial charge is 0.249 e. The molecule has 1 aromatic rings. The van der Waals surface area contributed by atoms with Gasteiger partial charge in [0.05, 0.1) is 13.3 Å². The molecule has 0 spiro atoms. The first-order valence-corrected chi connectivity index (χ1v) is 9.73. The van der Waals surface area contributed by atoms with Crippen LogP contribution in [-0.2, 0) is 0 Å². The molecule has 4 nitrogen and oxygen atoms in total. The lowest BCUT2D eigenvalue weighted by molar-refractivity contribution is 0.291. The Labute approximate surface area is 163 Å². The molecule has 0 radical (unpaired) electrons. The quantitative estimate of drug-likeness (QED) is 0.419. The second-order valence-corrected chi connectivity index (χ2v) is 7.06. The topological polar surface area (TPSA) is 13.0 Å². The molecule has 0 aliphatic carbocycles. The van der Waals surface area contributed by atoms with Crippen molar-refractivity contribution in [3.05, 3.63) is 48.1 Å². The van der Waals surface area contributed by atoms with E-state index in [-0.39, 0.29) is 13.3 Å². The minimum Gasteiger partial charge on any atom is -0.327 e. The predicted octanol–water partition coefficient (Wildman–Crippen LogP) is 5.58. The molecule has 0 bridgehead atoms. The number of rotatable bonds is 8. The normalized spacial score (nSPS) is 17.6. The van der Waals surface area contributed by atoms with E-state index in [2.05, 4.69) is 0 Å². The van der Waals surface area contributed by atoms with E-state index < -0.39 is 23.8 Å². The molecule has 3 rings (SSSR count). The summed E-state index contributed by atoms with van der Waals surface area (Å²) in [6.07, 6.45) is 3.26. The average molecular weight is 398 g/mol. The van der Waals surface area contributed by atoms with Gasteiger partial charge in [-0.1, -0.05) is 32.8 Å². The Kier molecular flexibility index (Phi) is 6.36. The van der Waals surface area contributed by atoms with E-state index in [4.69, 9.17) is 0 Å². The molecular weight excluding hydrogens is 372 g/mol. The summed E-state index contributed by atoms with van der Waals surface area (Å²) in [5, 5.41) is 0. The average Bonchev–Trinajstić information content (AvgIpc) is 3.15. The molecule has 0 saturated carbocycles. The van der Waals surface area contributed by atoms with Crippen molar-refractivity contribution in [1.82, 2.24) is 9.80 Å². The number of benzene rings is 1. The minimum absolute atomic E-state index is 0.0520. The molecule has 28 heavy (non-hydrogen) atoms. The van der Waals surface area contributed by atoms with E-state index in [1.807, 2.05) is 13.8 Å². The SMILES string of the molecule is CCCCN1CN(c2cccc(N3CN(CCCC)C(F)=C3F)c2)C(F)=C1F. The number of nitrogens with zero attached hydrogens (tertiary/aromatic N) is 4. The molecule has 0 saturated heterocycles. The van der Waals surface area contributed by atoms with E-state index >= 15 is 0 Å². The minimum atomic E-state index is -0.957. The summed E-state index contributed by atoms with van der Waals surface area (Å²) in [6.45, 7) is 4.92. The van der Waals surface area contributed by atoms with E-state index in [0.29, 0.717) is 24.5 Å². The van der Waals surface area contributed by atoms with Gasteiger partial charge < -0.3 is 9.80 Å². The van der Waals surface area contributed by atoms with Crippen LogP contribution in [0, 0.1) is 0 Å². The summed E-state index contributed by atoms with van der Waals surface area (Å²) in [5.74, 6) is -3.69. The summed E-state index contributed by atoms with van der Waals surface area (Å²) in [7, 11) is 0. The molecule has 0 fully saturated rings. The molecule has 1 aromatic carbocycles. The maximum Gasteiger partial charge on any atom is 0.249 e. The van der Waals surface area contributed by atoms with Crippen LogP contribution in [0.3, 0.4) is 0 Å². The van der Waals surface area contributed by atoms with Crippen LogP contribution in [0.4, 0.5) is 28.9 Å². The van der Waals surface area contributed by atoms with Gasteiger partial charge in [-0.15, -0.1) is 0 Å². The highest BCUT2D eigenvalue weighted by Gasteiger charge is 2.33. The molecular formula is C20H26F4N4. The summed E-state index contributed by atoms with van der Waals surface area (Å²) in [5.41, 5.74) is 0.786. The van der Waals surface area contributed by atoms with Crippen molar-refractivity contribution < 1.29 is 17.6 Å². The van der Waals surface area contributed by atoms with Crippen molar-refractivity contribution in [2.75, 3.05) is 36.2 Å². The van der Waals surface area contributed by atoms with Gasteiger partial charge in [0.15, 0.2) is 0 Å². The Bertz CT molecular complexity index is 705. The van der Waals surface area contributed by atoms with E-state index in [1.54, 1.807) is 24.3 Å². The molecule has 2 aliphatic rings. The Balaban J connectivity index is 1.78. The number of halogens is 4. The van der Waals surface area contributed by atoms with Crippen LogP contribution in [0.15, 0.2) is 48.1 Å². The van der Waals surface area contributed by atoms with E-state index in [1.165, 1.54) is 19.6 Å². The van der Waals surface area contributed by atoms with Gasteiger partial charge in [0.1, 0.15) is 0 Å². The molecule has 154 valence electrons. The first kappa shape index (κ1) is 20.4. The highest BCUT2D eigenvalue weighted by atomic mass is 19.2.